The SMILES string of the molecule is CN1C=CN(c2cccc(N3c4ccccc4CCc4ccc(-c5nc6ccccc6o5)cc43)c2)C1. The van der Waals surface area contributed by atoms with Crippen molar-refractivity contribution in [3.05, 3.63) is 115 Å². The van der Waals surface area contributed by atoms with Gasteiger partial charge in [0.1, 0.15) is 5.52 Å². The van der Waals surface area contributed by atoms with Gasteiger partial charge in [0.25, 0.3) is 0 Å². The molecule has 0 unspecified atom stereocenters. The summed E-state index contributed by atoms with van der Waals surface area (Å²) in [6.45, 7) is 0.846. The predicted molar refractivity (Wildman–Crippen MR) is 146 cm³/mol. The first-order chi connectivity index (χ1) is 17.7. The molecule has 7 rings (SSSR count). The van der Waals surface area contributed by atoms with Gasteiger partial charge < -0.3 is 19.1 Å². The van der Waals surface area contributed by atoms with E-state index in [1.165, 1.54) is 28.2 Å². The molecule has 5 aromatic rings. The van der Waals surface area contributed by atoms with Crippen LogP contribution in [0.4, 0.5) is 22.7 Å². The Morgan fingerprint density at radius 1 is 0.722 bits per heavy atom. The van der Waals surface area contributed by atoms with Crippen LogP contribution in [-0.2, 0) is 12.8 Å². The van der Waals surface area contributed by atoms with Crippen LogP contribution < -0.4 is 9.80 Å². The van der Waals surface area contributed by atoms with Crippen LogP contribution in [0.1, 0.15) is 11.1 Å². The Hall–Kier alpha value is -4.51. The van der Waals surface area contributed by atoms with Gasteiger partial charge >= 0.3 is 0 Å². The monoisotopic (exact) mass is 470 g/mol. The highest BCUT2D eigenvalue weighted by molar-refractivity contribution is 5.85. The lowest BCUT2D eigenvalue weighted by Gasteiger charge is -2.29. The molecule has 2 aliphatic heterocycles. The third-order valence-electron chi connectivity index (χ3n) is 7.06. The molecule has 3 heterocycles. The van der Waals surface area contributed by atoms with Gasteiger partial charge in [0.05, 0.1) is 12.4 Å². The van der Waals surface area contributed by atoms with Gasteiger partial charge in [0.15, 0.2) is 5.58 Å². The molecule has 5 nitrogen and oxygen atoms in total. The van der Waals surface area contributed by atoms with Crippen molar-refractivity contribution < 1.29 is 4.42 Å². The smallest absolute Gasteiger partial charge is 0.227 e. The summed E-state index contributed by atoms with van der Waals surface area (Å²) in [5, 5.41) is 0. The number of aryl methyl sites for hydroxylation is 2. The van der Waals surface area contributed by atoms with E-state index in [4.69, 9.17) is 9.40 Å². The lowest BCUT2D eigenvalue weighted by molar-refractivity contribution is 0.496. The Morgan fingerprint density at radius 3 is 2.39 bits per heavy atom. The van der Waals surface area contributed by atoms with Crippen molar-refractivity contribution in [3.63, 3.8) is 0 Å². The van der Waals surface area contributed by atoms with Crippen molar-refractivity contribution in [2.75, 3.05) is 23.5 Å². The number of para-hydroxylation sites is 3. The van der Waals surface area contributed by atoms with Crippen LogP contribution in [0.25, 0.3) is 22.6 Å². The third kappa shape index (κ3) is 3.52. The van der Waals surface area contributed by atoms with Crippen molar-refractivity contribution in [2.45, 2.75) is 12.8 Å². The number of aromatic nitrogens is 1. The first-order valence-corrected chi connectivity index (χ1v) is 12.4. The number of hydrogen-bond acceptors (Lipinski definition) is 5. The molecule has 4 aromatic carbocycles. The summed E-state index contributed by atoms with van der Waals surface area (Å²) >= 11 is 0. The minimum absolute atomic E-state index is 0.649. The van der Waals surface area contributed by atoms with Crippen LogP contribution in [-0.4, -0.2) is 23.6 Å². The number of anilines is 4. The lowest BCUT2D eigenvalue weighted by Crippen LogP contribution is -2.22. The number of benzene rings is 4. The molecule has 176 valence electrons. The topological polar surface area (TPSA) is 35.8 Å². The summed E-state index contributed by atoms with van der Waals surface area (Å²) in [5.41, 5.74) is 10.0. The van der Waals surface area contributed by atoms with Gasteiger partial charge in [-0.15, -0.1) is 0 Å². The first kappa shape index (κ1) is 20.8. The summed E-state index contributed by atoms with van der Waals surface area (Å²) in [6.07, 6.45) is 6.22. The van der Waals surface area contributed by atoms with Gasteiger partial charge in [-0.1, -0.05) is 42.5 Å². The summed E-state index contributed by atoms with van der Waals surface area (Å²) in [4.78, 5) is 11.6. The summed E-state index contributed by atoms with van der Waals surface area (Å²) in [5.74, 6) is 0.649. The predicted octanol–water partition coefficient (Wildman–Crippen LogP) is 7.24. The van der Waals surface area contributed by atoms with Crippen LogP contribution in [0.2, 0.25) is 0 Å². The Morgan fingerprint density at radius 2 is 1.53 bits per heavy atom. The number of hydrogen-bond donors (Lipinski definition) is 0. The van der Waals surface area contributed by atoms with Crippen molar-refractivity contribution in [1.82, 2.24) is 9.88 Å². The Balaban J connectivity index is 1.39. The number of nitrogens with zero attached hydrogens (tertiary/aromatic N) is 4. The zero-order chi connectivity index (χ0) is 24.1. The highest BCUT2D eigenvalue weighted by Crippen LogP contribution is 2.44. The first-order valence-electron chi connectivity index (χ1n) is 12.4. The average molecular weight is 471 g/mol. The van der Waals surface area contributed by atoms with Crippen LogP contribution in [0, 0.1) is 0 Å². The molecule has 0 radical (unpaired) electrons. The summed E-state index contributed by atoms with van der Waals surface area (Å²) < 4.78 is 6.13. The molecule has 0 N–H and O–H groups in total. The quantitative estimate of drug-likeness (QED) is 0.278. The summed E-state index contributed by atoms with van der Waals surface area (Å²) in [7, 11) is 2.09. The van der Waals surface area contributed by atoms with Gasteiger partial charge in [-0.25, -0.2) is 4.98 Å². The number of fused-ring (bicyclic) bond motifs is 3. The molecule has 0 aliphatic carbocycles. The number of rotatable bonds is 3. The van der Waals surface area contributed by atoms with E-state index in [0.29, 0.717) is 5.89 Å². The number of oxazole rings is 1. The molecule has 0 fully saturated rings. The fraction of sp³-hybridized carbons (Fsp3) is 0.129. The second-order valence-corrected chi connectivity index (χ2v) is 9.48. The zero-order valence-electron chi connectivity index (χ0n) is 20.1. The second kappa shape index (κ2) is 8.31. The highest BCUT2D eigenvalue weighted by Gasteiger charge is 2.24. The highest BCUT2D eigenvalue weighted by atomic mass is 16.3. The maximum absolute atomic E-state index is 6.13. The van der Waals surface area contributed by atoms with Gasteiger partial charge in [-0.3, -0.25) is 0 Å². The molecule has 1 aromatic heterocycles. The molecule has 5 heteroatoms. The third-order valence-corrected chi connectivity index (χ3v) is 7.06. The molecular weight excluding hydrogens is 444 g/mol. The molecule has 0 atom stereocenters. The van der Waals surface area contributed by atoms with Gasteiger partial charge in [0.2, 0.25) is 5.89 Å². The van der Waals surface area contributed by atoms with E-state index in [9.17, 15) is 0 Å². The van der Waals surface area contributed by atoms with E-state index in [2.05, 4.69) is 101 Å². The Kier molecular flexibility index (Phi) is 4.81. The molecule has 2 aliphatic rings. The molecule has 0 saturated carbocycles. The minimum Gasteiger partial charge on any atom is -0.436 e. The van der Waals surface area contributed by atoms with Crippen LogP contribution in [0.3, 0.4) is 0 Å². The van der Waals surface area contributed by atoms with Crippen molar-refractivity contribution in [2.24, 2.45) is 0 Å². The normalized spacial score (nSPS) is 14.8. The Labute approximate surface area is 210 Å². The maximum atomic E-state index is 6.13. The van der Waals surface area contributed by atoms with Gasteiger partial charge in [0, 0.05) is 42.1 Å². The molecular formula is C31H26N4O. The van der Waals surface area contributed by atoms with E-state index in [1.54, 1.807) is 0 Å². The largest absolute Gasteiger partial charge is 0.436 e. The fourth-order valence-electron chi connectivity index (χ4n) is 5.24. The zero-order valence-corrected chi connectivity index (χ0v) is 20.1. The van der Waals surface area contributed by atoms with E-state index >= 15 is 0 Å². The van der Waals surface area contributed by atoms with Crippen LogP contribution in [0.5, 0.6) is 0 Å². The van der Waals surface area contributed by atoms with E-state index in [0.717, 1.165) is 41.9 Å². The van der Waals surface area contributed by atoms with Crippen LogP contribution in [0.15, 0.2) is 108 Å². The lowest BCUT2D eigenvalue weighted by atomic mass is 10.0. The molecule has 0 saturated heterocycles. The van der Waals surface area contributed by atoms with Crippen molar-refractivity contribution in [3.8, 4) is 11.5 Å². The van der Waals surface area contributed by atoms with Crippen molar-refractivity contribution in [1.29, 1.82) is 0 Å². The maximum Gasteiger partial charge on any atom is 0.227 e. The van der Waals surface area contributed by atoms with Gasteiger partial charge in [-0.05, 0) is 72.5 Å². The fourth-order valence-corrected chi connectivity index (χ4v) is 5.24. The minimum atomic E-state index is 0.649. The molecule has 0 spiro atoms. The standard InChI is InChI=1S/C31H26N4O/c1-33-17-18-34(21-33)25-8-6-9-26(20-25)35-28-11-4-2-7-22(28)13-14-23-15-16-24(19-29(23)35)31-32-27-10-3-5-12-30(27)36-31/h2-12,15-20H,13-14,21H2,1H3. The second-order valence-electron chi connectivity index (χ2n) is 9.48. The van der Waals surface area contributed by atoms with E-state index in [-0.39, 0.29) is 0 Å². The molecule has 0 amide bonds. The summed E-state index contributed by atoms with van der Waals surface area (Å²) in [6, 6.07) is 32.1. The van der Waals surface area contributed by atoms with E-state index < -0.39 is 0 Å². The van der Waals surface area contributed by atoms with Crippen LogP contribution >= 0.6 is 0 Å². The van der Waals surface area contributed by atoms with Crippen molar-refractivity contribution >= 4 is 33.8 Å². The Bertz CT molecular complexity index is 1590. The molecule has 0 bridgehead atoms. The molecule has 36 heavy (non-hydrogen) atoms. The van der Waals surface area contributed by atoms with Gasteiger partial charge in [-0.2, -0.15) is 0 Å². The average Bonchev–Trinajstić information content (AvgIpc) is 3.51. The van der Waals surface area contributed by atoms with E-state index in [1.807, 2.05) is 24.3 Å².